The lowest BCUT2D eigenvalue weighted by Crippen LogP contribution is -2.23. The maximum absolute atomic E-state index is 12.8. The molecule has 1 aliphatic rings. The van der Waals surface area contributed by atoms with Crippen molar-refractivity contribution in [3.63, 3.8) is 0 Å². The van der Waals surface area contributed by atoms with E-state index in [1.54, 1.807) is 30.6 Å². The molecule has 15 heteroatoms. The van der Waals surface area contributed by atoms with E-state index in [-0.39, 0.29) is 41.2 Å². The number of methoxy groups -OCH3 is 1. The Labute approximate surface area is 373 Å². The first-order valence-corrected chi connectivity index (χ1v) is 22.6. The minimum Gasteiger partial charge on any atom is -0.496 e. The van der Waals surface area contributed by atoms with E-state index < -0.39 is 23.5 Å². The summed E-state index contributed by atoms with van der Waals surface area (Å²) in [7, 11) is 1.63. The Hall–Kier alpha value is -5.05. The van der Waals surface area contributed by atoms with Crippen LogP contribution >= 0.6 is 11.3 Å². The van der Waals surface area contributed by atoms with Crippen LogP contribution in [0.1, 0.15) is 135 Å². The largest absolute Gasteiger partial charge is 0.496 e. The highest BCUT2D eigenvalue weighted by atomic mass is 32.1. The first-order chi connectivity index (χ1) is 29.8. The number of carbonyl (C=O) groups excluding carboxylic acids is 2. The average Bonchev–Trinajstić information content (AvgIpc) is 3.84. The molecule has 348 valence electrons. The number of amides is 1. The SMILES string of the molecule is CC(=O)CNc1ccc(F)c(C(F)(F)F)c1.CCCCC(CCCC)C(N)=O.CCCCC/C=C\C1CC1C(=O)O.COc1ccc2c(=O)cc(-c3nc(C(C)C)cs3)[nH]c2c1C. The van der Waals surface area contributed by atoms with Crippen LogP contribution in [0.25, 0.3) is 21.6 Å². The van der Waals surface area contributed by atoms with Crippen LogP contribution in [-0.4, -0.2) is 46.4 Å². The van der Waals surface area contributed by atoms with Crippen molar-refractivity contribution in [2.24, 2.45) is 23.5 Å². The number of thiazole rings is 1. The fourth-order valence-corrected chi connectivity index (χ4v) is 7.31. The number of carboxylic acids is 1. The van der Waals surface area contributed by atoms with Crippen molar-refractivity contribution in [1.82, 2.24) is 9.97 Å². The van der Waals surface area contributed by atoms with Gasteiger partial charge >= 0.3 is 12.1 Å². The fourth-order valence-electron chi connectivity index (χ4n) is 6.35. The number of carbonyl (C=O) groups is 3. The summed E-state index contributed by atoms with van der Waals surface area (Å²) in [5, 5.41) is 14.6. The lowest BCUT2D eigenvalue weighted by molar-refractivity contribution is -0.140. The van der Waals surface area contributed by atoms with Crippen molar-refractivity contribution in [1.29, 1.82) is 0 Å². The maximum atomic E-state index is 12.8. The minimum atomic E-state index is -4.74. The summed E-state index contributed by atoms with van der Waals surface area (Å²) in [6, 6.07) is 7.74. The molecule has 2 aromatic carbocycles. The van der Waals surface area contributed by atoms with Crippen molar-refractivity contribution in [2.75, 3.05) is 19.0 Å². The van der Waals surface area contributed by atoms with Gasteiger partial charge in [0.05, 0.1) is 42.0 Å². The van der Waals surface area contributed by atoms with Crippen LogP contribution in [0.4, 0.5) is 23.2 Å². The average molecular weight is 903 g/mol. The Balaban J connectivity index is 0.000000299. The van der Waals surface area contributed by atoms with Gasteiger partial charge in [-0.05, 0) is 88.1 Å². The van der Waals surface area contributed by atoms with Gasteiger partial charge < -0.3 is 25.9 Å². The van der Waals surface area contributed by atoms with Crippen LogP contribution in [0.15, 0.2) is 58.7 Å². The number of unbranched alkanes of at least 4 members (excludes halogenated alkanes) is 5. The fraction of sp³-hybridized carbons (Fsp3) is 0.521. The van der Waals surface area contributed by atoms with Crippen LogP contribution < -0.4 is 21.2 Å². The number of nitrogens with one attached hydrogen (secondary N) is 2. The number of rotatable bonds is 19. The molecule has 0 radical (unpaired) electrons. The van der Waals surface area contributed by atoms with Crippen LogP contribution in [0.3, 0.4) is 0 Å². The number of H-pyrrole nitrogens is 1. The lowest BCUT2D eigenvalue weighted by atomic mass is 9.96. The number of benzene rings is 2. The normalized spacial score (nSPS) is 14.3. The molecule has 2 heterocycles. The summed E-state index contributed by atoms with van der Waals surface area (Å²) in [6.07, 6.45) is 11.7. The number of nitrogens with two attached hydrogens (primary N) is 1. The highest BCUT2D eigenvalue weighted by Gasteiger charge is 2.41. The third-order valence-electron chi connectivity index (χ3n) is 10.3. The number of hydrogen-bond acceptors (Lipinski definition) is 8. The van der Waals surface area contributed by atoms with E-state index in [9.17, 15) is 36.7 Å². The molecular weight excluding hydrogens is 837 g/mol. The number of aromatic amines is 1. The Morgan fingerprint density at radius 1 is 1.03 bits per heavy atom. The van der Waals surface area contributed by atoms with Gasteiger partial charge in [0.1, 0.15) is 22.4 Å². The Morgan fingerprint density at radius 2 is 1.68 bits per heavy atom. The quantitative estimate of drug-likeness (QED) is 0.0410. The van der Waals surface area contributed by atoms with Gasteiger partial charge in [-0.25, -0.2) is 9.37 Å². The predicted octanol–water partition coefficient (Wildman–Crippen LogP) is 12.2. The van der Waals surface area contributed by atoms with E-state index in [1.807, 2.05) is 18.4 Å². The number of ketones is 1. The second-order valence-electron chi connectivity index (χ2n) is 16.0. The van der Waals surface area contributed by atoms with E-state index in [1.165, 1.54) is 26.2 Å². The first kappa shape index (κ1) is 54.1. The molecule has 0 bridgehead atoms. The first-order valence-electron chi connectivity index (χ1n) is 21.7. The highest BCUT2D eigenvalue weighted by Crippen LogP contribution is 2.40. The number of allylic oxidation sites excluding steroid dienone is 2. The number of fused-ring (bicyclic) bond motifs is 1. The Kier molecular flexibility index (Phi) is 23.4. The van der Waals surface area contributed by atoms with Crippen LogP contribution in [-0.2, 0) is 20.6 Å². The molecule has 5 N–H and O–H groups in total. The van der Waals surface area contributed by atoms with Gasteiger partial charge in [-0.1, -0.05) is 85.3 Å². The zero-order chi connectivity index (χ0) is 47.3. The van der Waals surface area contributed by atoms with E-state index in [2.05, 4.69) is 62.1 Å². The van der Waals surface area contributed by atoms with E-state index in [0.717, 1.165) is 90.7 Å². The van der Waals surface area contributed by atoms with Gasteiger partial charge in [-0.2, -0.15) is 13.2 Å². The molecule has 4 aromatic rings. The van der Waals surface area contributed by atoms with Gasteiger partial charge in [0, 0.05) is 34.0 Å². The van der Waals surface area contributed by atoms with Crippen molar-refractivity contribution < 1.29 is 41.8 Å². The Morgan fingerprint density at radius 3 is 2.19 bits per heavy atom. The molecule has 2 aromatic heterocycles. The second-order valence-corrected chi connectivity index (χ2v) is 16.9. The molecule has 1 saturated carbocycles. The number of carboxylic acid groups (broad SMARTS) is 1. The molecule has 2 atom stereocenters. The molecule has 1 amide bonds. The number of nitrogens with zero attached hydrogens (tertiary/aromatic N) is 1. The predicted molar refractivity (Wildman–Crippen MR) is 246 cm³/mol. The van der Waals surface area contributed by atoms with Crippen molar-refractivity contribution in [3.05, 3.63) is 86.8 Å². The lowest BCUT2D eigenvalue weighted by Gasteiger charge is -2.11. The number of primary amides is 1. The van der Waals surface area contributed by atoms with E-state index in [4.69, 9.17) is 15.6 Å². The van der Waals surface area contributed by atoms with Gasteiger partial charge in [0.25, 0.3) is 0 Å². The molecule has 1 aliphatic carbocycles. The van der Waals surface area contributed by atoms with Crippen molar-refractivity contribution >= 4 is 45.6 Å². The molecule has 0 saturated heterocycles. The summed E-state index contributed by atoms with van der Waals surface area (Å²) < 4.78 is 55.1. The Bertz CT molecular complexity index is 2140. The summed E-state index contributed by atoms with van der Waals surface area (Å²) in [4.78, 5) is 52.4. The van der Waals surface area contributed by atoms with Gasteiger partial charge in [0.15, 0.2) is 5.43 Å². The van der Waals surface area contributed by atoms with Gasteiger partial charge in [0.2, 0.25) is 5.91 Å². The summed E-state index contributed by atoms with van der Waals surface area (Å²) in [6.45, 7) is 13.8. The molecule has 5 rings (SSSR count). The number of aliphatic carboxylic acids is 1. The molecule has 10 nitrogen and oxygen atoms in total. The number of ether oxygens (including phenoxy) is 1. The number of pyridine rings is 1. The third kappa shape index (κ3) is 18.7. The standard InChI is InChI=1S/C17H18N2O2S.C11H18O2.C10H9F4NO.C10H21NO/c1-9(2)13-8-22-17(19-13)12-7-14(20)11-5-6-15(21-4)10(3)16(11)18-12;1-2-3-4-5-6-7-9-8-10(9)11(12)13;1-6(16)5-15-7-2-3-9(11)8(4-7)10(12,13)14;1-3-5-7-9(10(11)12)8-6-4-2/h5-9H,1-4H3,(H,18,20);6-7,9-10H,2-5,8H2,1H3,(H,12,13);2-4,15H,5H2,1H3;9H,3-8H2,1-2H3,(H2,11,12)/b;7-6-;;. The van der Waals surface area contributed by atoms with E-state index >= 15 is 0 Å². The smallest absolute Gasteiger partial charge is 0.419 e. The van der Waals surface area contributed by atoms with Gasteiger partial charge in [-0.15, -0.1) is 11.3 Å². The van der Waals surface area contributed by atoms with Gasteiger partial charge in [-0.3, -0.25) is 19.2 Å². The molecule has 0 spiro atoms. The number of aromatic nitrogens is 2. The summed E-state index contributed by atoms with van der Waals surface area (Å²) in [5.74, 6) is -0.786. The number of hydrogen-bond donors (Lipinski definition) is 4. The zero-order valence-electron chi connectivity index (χ0n) is 37.9. The number of aryl methyl sites for hydroxylation is 1. The summed E-state index contributed by atoms with van der Waals surface area (Å²) >= 11 is 1.55. The third-order valence-corrected chi connectivity index (χ3v) is 11.2. The molecule has 0 aliphatic heterocycles. The monoisotopic (exact) mass is 902 g/mol. The number of alkyl halides is 3. The second kappa shape index (κ2) is 27.2. The highest BCUT2D eigenvalue weighted by molar-refractivity contribution is 7.13. The zero-order valence-corrected chi connectivity index (χ0v) is 38.7. The summed E-state index contributed by atoms with van der Waals surface area (Å²) in [5.41, 5.74) is 7.53. The van der Waals surface area contributed by atoms with Crippen molar-refractivity contribution in [3.8, 4) is 16.5 Å². The van der Waals surface area contributed by atoms with Crippen LogP contribution in [0.5, 0.6) is 5.75 Å². The van der Waals surface area contributed by atoms with Crippen LogP contribution in [0, 0.1) is 30.5 Å². The molecule has 63 heavy (non-hydrogen) atoms. The molecule has 2 unspecified atom stereocenters. The maximum Gasteiger partial charge on any atom is 0.419 e. The topological polar surface area (TPSA) is 164 Å². The number of anilines is 1. The van der Waals surface area contributed by atoms with E-state index in [0.29, 0.717) is 29.4 Å². The van der Waals surface area contributed by atoms with Crippen LogP contribution in [0.2, 0.25) is 0 Å². The van der Waals surface area contributed by atoms with Crippen molar-refractivity contribution in [2.45, 2.75) is 131 Å². The molecule has 1 fully saturated rings. The minimum absolute atomic E-state index is 0.00389. The molecular formula is C48H66F4N4O6S. The number of Topliss-reactive ketones (excluding diaryl/α,β-unsaturated/α-hetero) is 1. The number of halogens is 4.